The van der Waals surface area contributed by atoms with Crippen molar-refractivity contribution >= 4 is 5.91 Å². The minimum atomic E-state index is -0.648. The van der Waals surface area contributed by atoms with Gasteiger partial charge < -0.3 is 21.7 Å². The van der Waals surface area contributed by atoms with Gasteiger partial charge >= 0.3 is 0 Å². The predicted molar refractivity (Wildman–Crippen MR) is 42.9 cm³/mol. The minimum absolute atomic E-state index is 0.0216. The predicted octanol–water partition coefficient (Wildman–Crippen LogP) is -1.60. The van der Waals surface area contributed by atoms with Crippen molar-refractivity contribution in [1.82, 2.24) is 10.1 Å². The number of aromatic nitrogens is 2. The van der Waals surface area contributed by atoms with Crippen molar-refractivity contribution < 1.29 is 9.32 Å². The number of nitrogens with zero attached hydrogens (tertiary/aromatic N) is 2. The molecule has 1 amide bonds. The van der Waals surface area contributed by atoms with Crippen LogP contribution in [-0.2, 0) is 11.3 Å². The molecule has 0 fully saturated rings. The Labute approximate surface area is 74.3 Å². The molecular weight excluding hydrogens is 174 g/mol. The average molecular weight is 185 g/mol. The SMILES string of the molecule is NCc1noc([C@H](N)CC(N)=O)n1. The van der Waals surface area contributed by atoms with Gasteiger partial charge in [-0.2, -0.15) is 4.98 Å². The molecule has 0 aliphatic rings. The number of rotatable bonds is 4. The van der Waals surface area contributed by atoms with Gasteiger partial charge in [-0.3, -0.25) is 4.79 Å². The zero-order valence-corrected chi connectivity index (χ0v) is 6.93. The minimum Gasteiger partial charge on any atom is -0.370 e. The van der Waals surface area contributed by atoms with E-state index in [0.29, 0.717) is 5.82 Å². The fourth-order valence-corrected chi connectivity index (χ4v) is 0.805. The van der Waals surface area contributed by atoms with Crippen molar-refractivity contribution in [2.75, 3.05) is 0 Å². The molecule has 1 atom stereocenters. The summed E-state index contributed by atoms with van der Waals surface area (Å²) in [7, 11) is 0. The molecule has 13 heavy (non-hydrogen) atoms. The number of carbonyl (C=O) groups excluding carboxylic acids is 1. The number of carbonyl (C=O) groups is 1. The molecule has 0 saturated heterocycles. The van der Waals surface area contributed by atoms with Crippen LogP contribution in [0.25, 0.3) is 0 Å². The molecule has 7 heteroatoms. The second-order valence-electron chi connectivity index (χ2n) is 2.53. The van der Waals surface area contributed by atoms with Gasteiger partial charge in [0.15, 0.2) is 5.82 Å². The topological polar surface area (TPSA) is 134 Å². The standard InChI is InChI=1S/C6H11N5O2/c7-2-5-10-6(13-11-5)3(8)1-4(9)12/h3H,1-2,7-8H2,(H2,9,12)/t3-/m1/s1. The van der Waals surface area contributed by atoms with E-state index < -0.39 is 11.9 Å². The first-order valence-electron chi connectivity index (χ1n) is 3.70. The fourth-order valence-electron chi connectivity index (χ4n) is 0.805. The Kier molecular flexibility index (Phi) is 2.93. The molecule has 72 valence electrons. The zero-order valence-electron chi connectivity index (χ0n) is 6.93. The van der Waals surface area contributed by atoms with Crippen molar-refractivity contribution in [2.24, 2.45) is 17.2 Å². The molecule has 1 rings (SSSR count). The van der Waals surface area contributed by atoms with Crippen molar-refractivity contribution in [1.29, 1.82) is 0 Å². The molecule has 0 saturated carbocycles. The van der Waals surface area contributed by atoms with Gasteiger partial charge in [0.1, 0.15) is 0 Å². The molecule has 0 spiro atoms. The second kappa shape index (κ2) is 3.97. The first-order chi connectivity index (χ1) is 6.13. The molecule has 1 aromatic rings. The lowest BCUT2D eigenvalue weighted by Crippen LogP contribution is -2.21. The van der Waals surface area contributed by atoms with Crippen LogP contribution in [0.2, 0.25) is 0 Å². The van der Waals surface area contributed by atoms with Gasteiger partial charge in [0.2, 0.25) is 11.8 Å². The van der Waals surface area contributed by atoms with Crippen LogP contribution >= 0.6 is 0 Å². The highest BCUT2D eigenvalue weighted by atomic mass is 16.5. The van der Waals surface area contributed by atoms with E-state index in [1.165, 1.54) is 0 Å². The van der Waals surface area contributed by atoms with E-state index in [1.54, 1.807) is 0 Å². The Morgan fingerprint density at radius 2 is 2.31 bits per heavy atom. The molecule has 0 bridgehead atoms. The van der Waals surface area contributed by atoms with E-state index in [9.17, 15) is 4.79 Å². The number of nitrogens with two attached hydrogens (primary N) is 3. The molecule has 0 unspecified atom stereocenters. The summed E-state index contributed by atoms with van der Waals surface area (Å²) in [4.78, 5) is 14.3. The third kappa shape index (κ3) is 2.49. The van der Waals surface area contributed by atoms with Gasteiger partial charge in [0, 0.05) is 0 Å². The molecule has 6 N–H and O–H groups in total. The van der Waals surface area contributed by atoms with Crippen LogP contribution in [0, 0.1) is 0 Å². The number of hydrogen-bond acceptors (Lipinski definition) is 6. The molecule has 1 heterocycles. The van der Waals surface area contributed by atoms with Crippen molar-refractivity contribution in [3.05, 3.63) is 11.7 Å². The Morgan fingerprint density at radius 3 is 2.77 bits per heavy atom. The van der Waals surface area contributed by atoms with Crippen molar-refractivity contribution in [3.8, 4) is 0 Å². The summed E-state index contributed by atoms with van der Waals surface area (Å²) in [5.41, 5.74) is 15.7. The van der Waals surface area contributed by atoms with Gasteiger partial charge in [-0.1, -0.05) is 5.16 Å². The fraction of sp³-hybridized carbons (Fsp3) is 0.500. The Morgan fingerprint density at radius 1 is 1.62 bits per heavy atom. The lowest BCUT2D eigenvalue weighted by atomic mass is 10.2. The zero-order chi connectivity index (χ0) is 9.84. The molecule has 0 aliphatic heterocycles. The van der Waals surface area contributed by atoms with Gasteiger partial charge in [0.05, 0.1) is 19.0 Å². The van der Waals surface area contributed by atoms with Crippen LogP contribution in [0.3, 0.4) is 0 Å². The van der Waals surface area contributed by atoms with Crippen molar-refractivity contribution in [2.45, 2.75) is 19.0 Å². The first-order valence-corrected chi connectivity index (χ1v) is 3.70. The lowest BCUT2D eigenvalue weighted by Gasteiger charge is -2.01. The summed E-state index contributed by atoms with van der Waals surface area (Å²) in [6, 6.07) is -0.648. The lowest BCUT2D eigenvalue weighted by molar-refractivity contribution is -0.118. The third-order valence-corrected chi connectivity index (χ3v) is 1.40. The smallest absolute Gasteiger partial charge is 0.244 e. The van der Waals surface area contributed by atoms with E-state index in [-0.39, 0.29) is 18.9 Å². The highest BCUT2D eigenvalue weighted by Crippen LogP contribution is 2.10. The normalized spacial score (nSPS) is 12.8. The van der Waals surface area contributed by atoms with E-state index >= 15 is 0 Å². The Hall–Kier alpha value is -1.47. The van der Waals surface area contributed by atoms with Crippen LogP contribution in [0.5, 0.6) is 0 Å². The van der Waals surface area contributed by atoms with Gasteiger partial charge in [-0.25, -0.2) is 0 Å². The van der Waals surface area contributed by atoms with Crippen LogP contribution < -0.4 is 17.2 Å². The molecule has 7 nitrogen and oxygen atoms in total. The summed E-state index contributed by atoms with van der Waals surface area (Å²) in [5, 5.41) is 3.52. The van der Waals surface area contributed by atoms with E-state index in [0.717, 1.165) is 0 Å². The summed E-state index contributed by atoms with van der Waals surface area (Å²) >= 11 is 0. The van der Waals surface area contributed by atoms with Gasteiger partial charge in [0.25, 0.3) is 0 Å². The molecule has 0 radical (unpaired) electrons. The Bertz CT molecular complexity index is 297. The summed E-state index contributed by atoms with van der Waals surface area (Å²) in [6.45, 7) is 0.173. The second-order valence-corrected chi connectivity index (χ2v) is 2.53. The molecular formula is C6H11N5O2. The van der Waals surface area contributed by atoms with Crippen LogP contribution in [0.15, 0.2) is 4.52 Å². The van der Waals surface area contributed by atoms with Crippen LogP contribution in [0.4, 0.5) is 0 Å². The maximum Gasteiger partial charge on any atom is 0.244 e. The summed E-state index contributed by atoms with van der Waals surface area (Å²) in [6.07, 6.45) is -0.0216. The van der Waals surface area contributed by atoms with E-state index in [2.05, 4.69) is 10.1 Å². The van der Waals surface area contributed by atoms with Crippen LogP contribution in [0.1, 0.15) is 24.2 Å². The number of hydrogen-bond donors (Lipinski definition) is 3. The molecule has 0 aromatic carbocycles. The quantitative estimate of drug-likeness (QED) is 0.517. The maximum atomic E-state index is 10.5. The van der Waals surface area contributed by atoms with E-state index in [4.69, 9.17) is 21.7 Å². The average Bonchev–Trinajstić information content (AvgIpc) is 2.50. The van der Waals surface area contributed by atoms with Crippen LogP contribution in [-0.4, -0.2) is 16.0 Å². The molecule has 1 aromatic heterocycles. The maximum absolute atomic E-state index is 10.5. The highest BCUT2D eigenvalue weighted by Gasteiger charge is 2.16. The largest absolute Gasteiger partial charge is 0.370 e. The third-order valence-electron chi connectivity index (χ3n) is 1.40. The Balaban J connectivity index is 2.65. The first kappa shape index (κ1) is 9.62. The van der Waals surface area contributed by atoms with E-state index in [1.807, 2.05) is 0 Å². The molecule has 0 aliphatic carbocycles. The monoisotopic (exact) mass is 185 g/mol. The van der Waals surface area contributed by atoms with Crippen molar-refractivity contribution in [3.63, 3.8) is 0 Å². The summed E-state index contributed by atoms with van der Waals surface area (Å²) in [5.74, 6) is 0.0224. The summed E-state index contributed by atoms with van der Waals surface area (Å²) < 4.78 is 4.74. The van der Waals surface area contributed by atoms with Gasteiger partial charge in [-0.05, 0) is 0 Å². The van der Waals surface area contributed by atoms with Gasteiger partial charge in [-0.15, -0.1) is 0 Å². The number of amides is 1. The highest BCUT2D eigenvalue weighted by molar-refractivity contribution is 5.74. The number of primary amides is 1.